The first kappa shape index (κ1) is 13.9. The third-order valence-corrected chi connectivity index (χ3v) is 4.46. The summed E-state index contributed by atoms with van der Waals surface area (Å²) in [5.74, 6) is 0. The molecule has 0 aliphatic carbocycles. The Morgan fingerprint density at radius 3 is 2.10 bits per heavy atom. The van der Waals surface area contributed by atoms with Crippen LogP contribution in [0.25, 0.3) is 10.8 Å². The monoisotopic (exact) mass is 272 g/mol. The van der Waals surface area contributed by atoms with Crippen molar-refractivity contribution >= 4 is 28.4 Å². The van der Waals surface area contributed by atoms with Gasteiger partial charge in [-0.25, -0.2) is 0 Å². The third kappa shape index (κ3) is 2.49. The zero-order valence-electron chi connectivity index (χ0n) is 13.3. The molecule has 0 aliphatic rings. The molecule has 0 N–H and O–H groups in total. The van der Waals surface area contributed by atoms with Crippen LogP contribution in [-0.2, 0) is 0 Å². The Labute approximate surface area is 127 Å². The molecule has 1 heteroatoms. The summed E-state index contributed by atoms with van der Waals surface area (Å²) in [6.45, 7) is 9.38. The van der Waals surface area contributed by atoms with Crippen molar-refractivity contribution in [2.45, 2.75) is 27.6 Å². The summed E-state index contributed by atoms with van der Waals surface area (Å²) in [6.07, 6.45) is 0. The van der Waals surface area contributed by atoms with Gasteiger partial charge in [-0.15, -0.1) is 0 Å². The van der Waals surface area contributed by atoms with Crippen LogP contribution < -0.4 is 10.9 Å². The Hall–Kier alpha value is -2.02. The zero-order chi connectivity index (χ0) is 15.0. The Kier molecular flexibility index (Phi) is 3.59. The van der Waals surface area contributed by atoms with E-state index in [2.05, 4.69) is 82.2 Å². The Balaban J connectivity index is 2.20. The molecule has 0 nitrogen and oxygen atoms in total. The summed E-state index contributed by atoms with van der Waals surface area (Å²) in [4.78, 5) is 0. The van der Waals surface area contributed by atoms with Gasteiger partial charge in [0.2, 0.25) is 6.71 Å². The van der Waals surface area contributed by atoms with Crippen molar-refractivity contribution in [3.05, 3.63) is 71.3 Å². The van der Waals surface area contributed by atoms with Crippen molar-refractivity contribution in [1.29, 1.82) is 0 Å². The summed E-state index contributed by atoms with van der Waals surface area (Å²) in [5.41, 5.74) is 7.03. The lowest BCUT2D eigenvalue weighted by atomic mass is 9.40. The fraction of sp³-hybridized carbons (Fsp3) is 0.200. The van der Waals surface area contributed by atoms with Crippen LogP contribution in [0.4, 0.5) is 0 Å². The normalized spacial score (nSPS) is 10.9. The molecular formula is C20H21B. The molecule has 0 unspecified atom stereocenters. The minimum atomic E-state index is 0.414. The maximum atomic E-state index is 2.33. The minimum Gasteiger partial charge on any atom is -0.0774 e. The van der Waals surface area contributed by atoms with Crippen LogP contribution in [0.5, 0.6) is 0 Å². The summed E-state index contributed by atoms with van der Waals surface area (Å²) in [7, 11) is 0. The maximum absolute atomic E-state index is 2.33. The van der Waals surface area contributed by atoms with Crippen molar-refractivity contribution in [2.75, 3.05) is 0 Å². The molecule has 0 bridgehead atoms. The summed E-state index contributed by atoms with van der Waals surface area (Å²) < 4.78 is 0. The van der Waals surface area contributed by atoms with Gasteiger partial charge < -0.3 is 0 Å². The Bertz CT molecular complexity index is 774. The molecule has 0 spiro atoms. The quantitative estimate of drug-likeness (QED) is 0.618. The third-order valence-electron chi connectivity index (χ3n) is 4.46. The molecule has 0 heterocycles. The smallest absolute Gasteiger partial charge is 0.0774 e. The Morgan fingerprint density at radius 1 is 0.762 bits per heavy atom. The number of hydrogen-bond donors (Lipinski definition) is 0. The molecule has 104 valence electrons. The first-order valence-electron chi connectivity index (χ1n) is 7.63. The van der Waals surface area contributed by atoms with Crippen LogP contribution in [0.3, 0.4) is 0 Å². The predicted molar refractivity (Wildman–Crippen MR) is 95.5 cm³/mol. The van der Waals surface area contributed by atoms with Gasteiger partial charge in [0.15, 0.2) is 0 Å². The highest BCUT2D eigenvalue weighted by Crippen LogP contribution is 2.14. The van der Waals surface area contributed by atoms with Crippen molar-refractivity contribution in [1.82, 2.24) is 0 Å². The molecule has 0 aromatic heterocycles. The second-order valence-electron chi connectivity index (χ2n) is 6.10. The fourth-order valence-electron chi connectivity index (χ4n) is 3.66. The van der Waals surface area contributed by atoms with Crippen LogP contribution in [0, 0.1) is 20.8 Å². The Morgan fingerprint density at radius 2 is 1.38 bits per heavy atom. The zero-order valence-corrected chi connectivity index (χ0v) is 13.3. The van der Waals surface area contributed by atoms with Crippen LogP contribution in [0.2, 0.25) is 6.82 Å². The largest absolute Gasteiger partial charge is 0.207 e. The van der Waals surface area contributed by atoms with E-state index in [1.54, 1.807) is 0 Å². The van der Waals surface area contributed by atoms with Gasteiger partial charge in [0.25, 0.3) is 0 Å². The van der Waals surface area contributed by atoms with E-state index in [9.17, 15) is 0 Å². The number of rotatable bonds is 2. The lowest BCUT2D eigenvalue weighted by molar-refractivity contribution is 1.35. The average molecular weight is 272 g/mol. The molecule has 21 heavy (non-hydrogen) atoms. The molecule has 0 amide bonds. The van der Waals surface area contributed by atoms with Gasteiger partial charge in [0.05, 0.1) is 0 Å². The molecule has 0 aliphatic heterocycles. The van der Waals surface area contributed by atoms with Crippen LogP contribution >= 0.6 is 0 Å². The van der Waals surface area contributed by atoms with E-state index in [-0.39, 0.29) is 0 Å². The minimum absolute atomic E-state index is 0.414. The van der Waals surface area contributed by atoms with Gasteiger partial charge in [0.1, 0.15) is 0 Å². The molecule has 3 aromatic carbocycles. The highest BCUT2D eigenvalue weighted by molar-refractivity contribution is 6.86. The van der Waals surface area contributed by atoms with Crippen LogP contribution in [-0.4, -0.2) is 6.71 Å². The fourth-order valence-corrected chi connectivity index (χ4v) is 3.66. The summed E-state index contributed by atoms with van der Waals surface area (Å²) in [5, 5.41) is 2.69. The van der Waals surface area contributed by atoms with Gasteiger partial charge in [0, 0.05) is 0 Å². The van der Waals surface area contributed by atoms with Gasteiger partial charge in [-0.3, -0.25) is 0 Å². The molecule has 3 rings (SSSR count). The lowest BCUT2D eigenvalue weighted by Gasteiger charge is -2.18. The summed E-state index contributed by atoms with van der Waals surface area (Å²) >= 11 is 0. The van der Waals surface area contributed by atoms with E-state index in [4.69, 9.17) is 0 Å². The maximum Gasteiger partial charge on any atom is 0.207 e. The first-order valence-corrected chi connectivity index (χ1v) is 7.63. The first-order chi connectivity index (χ1) is 10.1. The van der Waals surface area contributed by atoms with E-state index in [1.807, 2.05) is 0 Å². The molecular weight excluding hydrogens is 251 g/mol. The standard InChI is InChI=1S/C20H21B/c1-14-12-15(2)20(16(3)13-14)21(4)19-11-7-9-17-8-5-6-10-18(17)19/h5-13H,1-4H3. The molecule has 0 radical (unpaired) electrons. The summed E-state index contributed by atoms with van der Waals surface area (Å²) in [6, 6.07) is 19.9. The van der Waals surface area contributed by atoms with Gasteiger partial charge in [-0.2, -0.15) is 0 Å². The number of aryl methyl sites for hydroxylation is 3. The second kappa shape index (κ2) is 5.40. The highest BCUT2D eigenvalue weighted by Gasteiger charge is 2.19. The van der Waals surface area contributed by atoms with Gasteiger partial charge in [-0.05, 0) is 31.5 Å². The van der Waals surface area contributed by atoms with E-state index in [0.29, 0.717) is 6.71 Å². The molecule has 3 aromatic rings. The van der Waals surface area contributed by atoms with Crippen molar-refractivity contribution in [3.63, 3.8) is 0 Å². The number of fused-ring (bicyclic) bond motifs is 1. The van der Waals surface area contributed by atoms with E-state index < -0.39 is 0 Å². The van der Waals surface area contributed by atoms with Gasteiger partial charge in [-0.1, -0.05) is 89.0 Å². The van der Waals surface area contributed by atoms with Crippen LogP contribution in [0.1, 0.15) is 16.7 Å². The van der Waals surface area contributed by atoms with Crippen molar-refractivity contribution in [2.24, 2.45) is 0 Å². The van der Waals surface area contributed by atoms with E-state index in [0.717, 1.165) is 0 Å². The second-order valence-corrected chi connectivity index (χ2v) is 6.10. The molecule has 0 fully saturated rings. The van der Waals surface area contributed by atoms with E-state index >= 15 is 0 Å². The van der Waals surface area contributed by atoms with Crippen molar-refractivity contribution in [3.8, 4) is 0 Å². The SMILES string of the molecule is CB(c1c(C)cc(C)cc1C)c1cccc2ccccc12. The number of benzene rings is 3. The van der Waals surface area contributed by atoms with Crippen LogP contribution in [0.15, 0.2) is 54.6 Å². The van der Waals surface area contributed by atoms with Crippen molar-refractivity contribution < 1.29 is 0 Å². The molecule has 0 saturated heterocycles. The molecule has 0 atom stereocenters. The number of hydrogen-bond acceptors (Lipinski definition) is 0. The average Bonchev–Trinajstić information content (AvgIpc) is 2.45. The van der Waals surface area contributed by atoms with E-state index in [1.165, 1.54) is 38.4 Å². The highest BCUT2D eigenvalue weighted by atomic mass is 14.1. The lowest BCUT2D eigenvalue weighted by Crippen LogP contribution is -2.42. The molecule has 0 saturated carbocycles. The predicted octanol–water partition coefficient (Wildman–Crippen LogP) is 4.00. The van der Waals surface area contributed by atoms with Gasteiger partial charge >= 0.3 is 0 Å². The topological polar surface area (TPSA) is 0 Å².